The van der Waals surface area contributed by atoms with Crippen LogP contribution in [0.15, 0.2) is 18.2 Å². The molecular formula is C17H26N2O4. The number of rotatable bonds is 7. The second-order valence-electron chi connectivity index (χ2n) is 5.64. The number of carbonyl (C=O) groups excluding carboxylic acids is 1. The molecule has 1 N–H and O–H groups in total. The maximum Gasteiger partial charge on any atom is 0.222 e. The van der Waals surface area contributed by atoms with E-state index in [1.54, 1.807) is 14.2 Å². The van der Waals surface area contributed by atoms with Crippen LogP contribution in [0.4, 0.5) is 0 Å². The summed E-state index contributed by atoms with van der Waals surface area (Å²) >= 11 is 0. The summed E-state index contributed by atoms with van der Waals surface area (Å²) in [6, 6.07) is 5.76. The average molecular weight is 322 g/mol. The van der Waals surface area contributed by atoms with Crippen LogP contribution in [-0.4, -0.2) is 74.4 Å². The van der Waals surface area contributed by atoms with Crippen molar-refractivity contribution < 1.29 is 19.4 Å². The molecule has 128 valence electrons. The lowest BCUT2D eigenvalue weighted by Gasteiger charge is -2.34. The van der Waals surface area contributed by atoms with Gasteiger partial charge in [0.2, 0.25) is 5.91 Å². The third-order valence-electron chi connectivity index (χ3n) is 4.22. The van der Waals surface area contributed by atoms with Crippen LogP contribution < -0.4 is 9.47 Å². The molecule has 0 radical (unpaired) electrons. The van der Waals surface area contributed by atoms with E-state index in [0.717, 1.165) is 31.7 Å². The minimum absolute atomic E-state index is 0.174. The smallest absolute Gasteiger partial charge is 0.222 e. The van der Waals surface area contributed by atoms with Gasteiger partial charge in [-0.25, -0.2) is 0 Å². The van der Waals surface area contributed by atoms with Crippen LogP contribution in [-0.2, 0) is 11.2 Å². The number of β-amino-alcohol motifs (C(OH)–C–C–N with tert-alkyl or cyclic N) is 1. The summed E-state index contributed by atoms with van der Waals surface area (Å²) < 4.78 is 10.5. The van der Waals surface area contributed by atoms with Crippen LogP contribution in [0.25, 0.3) is 0 Å². The third kappa shape index (κ3) is 4.84. The van der Waals surface area contributed by atoms with Crippen LogP contribution in [0.2, 0.25) is 0 Å². The molecule has 1 saturated heterocycles. The van der Waals surface area contributed by atoms with Gasteiger partial charge in [-0.05, 0) is 24.1 Å². The topological polar surface area (TPSA) is 62.2 Å². The van der Waals surface area contributed by atoms with E-state index >= 15 is 0 Å². The number of nitrogens with zero attached hydrogens (tertiary/aromatic N) is 2. The summed E-state index contributed by atoms with van der Waals surface area (Å²) in [6.07, 6.45) is 1.19. The number of aliphatic hydroxyl groups excluding tert-OH is 1. The minimum atomic E-state index is 0.174. The Balaban J connectivity index is 1.83. The minimum Gasteiger partial charge on any atom is -0.493 e. The number of benzene rings is 1. The summed E-state index contributed by atoms with van der Waals surface area (Å²) in [6.45, 7) is 4.02. The van der Waals surface area contributed by atoms with Crippen molar-refractivity contribution in [2.24, 2.45) is 0 Å². The van der Waals surface area contributed by atoms with Gasteiger partial charge in [0, 0.05) is 39.1 Å². The van der Waals surface area contributed by atoms with E-state index in [-0.39, 0.29) is 12.5 Å². The van der Waals surface area contributed by atoms with E-state index < -0.39 is 0 Å². The van der Waals surface area contributed by atoms with Crippen molar-refractivity contribution in [3.8, 4) is 11.5 Å². The third-order valence-corrected chi connectivity index (χ3v) is 4.22. The molecular weight excluding hydrogens is 296 g/mol. The highest BCUT2D eigenvalue weighted by Gasteiger charge is 2.20. The Labute approximate surface area is 137 Å². The van der Waals surface area contributed by atoms with Gasteiger partial charge in [-0.1, -0.05) is 6.07 Å². The lowest BCUT2D eigenvalue weighted by atomic mass is 10.1. The molecule has 6 nitrogen and oxygen atoms in total. The van der Waals surface area contributed by atoms with Crippen molar-refractivity contribution >= 4 is 5.91 Å². The first-order chi connectivity index (χ1) is 11.2. The first kappa shape index (κ1) is 17.6. The van der Waals surface area contributed by atoms with Crippen LogP contribution >= 0.6 is 0 Å². The van der Waals surface area contributed by atoms with Gasteiger partial charge in [0.25, 0.3) is 0 Å². The molecule has 2 rings (SSSR count). The molecule has 0 bridgehead atoms. The van der Waals surface area contributed by atoms with Crippen molar-refractivity contribution in [1.29, 1.82) is 0 Å². The van der Waals surface area contributed by atoms with Gasteiger partial charge < -0.3 is 19.5 Å². The highest BCUT2D eigenvalue weighted by molar-refractivity contribution is 5.76. The van der Waals surface area contributed by atoms with E-state index in [1.807, 2.05) is 23.1 Å². The van der Waals surface area contributed by atoms with E-state index in [1.165, 1.54) is 0 Å². The Morgan fingerprint density at radius 3 is 2.43 bits per heavy atom. The van der Waals surface area contributed by atoms with Crippen LogP contribution in [0.5, 0.6) is 11.5 Å². The van der Waals surface area contributed by atoms with E-state index in [0.29, 0.717) is 30.9 Å². The zero-order chi connectivity index (χ0) is 16.7. The Morgan fingerprint density at radius 2 is 1.83 bits per heavy atom. The first-order valence-electron chi connectivity index (χ1n) is 7.99. The molecule has 1 aromatic rings. The molecule has 0 spiro atoms. The summed E-state index contributed by atoms with van der Waals surface area (Å²) in [5, 5.41) is 8.94. The van der Waals surface area contributed by atoms with Crippen LogP contribution in [0.3, 0.4) is 0 Å². The number of hydrogen-bond acceptors (Lipinski definition) is 5. The maximum absolute atomic E-state index is 12.3. The zero-order valence-electron chi connectivity index (χ0n) is 14.0. The summed E-state index contributed by atoms with van der Waals surface area (Å²) in [7, 11) is 3.22. The van der Waals surface area contributed by atoms with Gasteiger partial charge in [0.15, 0.2) is 11.5 Å². The molecule has 23 heavy (non-hydrogen) atoms. The number of piperazine rings is 1. The second-order valence-corrected chi connectivity index (χ2v) is 5.64. The normalized spacial score (nSPS) is 15.5. The number of aryl methyl sites for hydroxylation is 1. The molecule has 0 aromatic heterocycles. The predicted molar refractivity (Wildman–Crippen MR) is 88.0 cm³/mol. The number of hydrogen-bond donors (Lipinski definition) is 1. The Morgan fingerprint density at radius 1 is 1.13 bits per heavy atom. The Kier molecular flexibility index (Phi) is 6.67. The first-order valence-corrected chi connectivity index (χ1v) is 7.99. The number of ether oxygens (including phenoxy) is 2. The van der Waals surface area contributed by atoms with Crippen molar-refractivity contribution in [1.82, 2.24) is 9.80 Å². The van der Waals surface area contributed by atoms with Gasteiger partial charge >= 0.3 is 0 Å². The van der Waals surface area contributed by atoms with E-state index in [2.05, 4.69) is 4.90 Å². The van der Waals surface area contributed by atoms with Crippen molar-refractivity contribution in [3.05, 3.63) is 23.8 Å². The van der Waals surface area contributed by atoms with Crippen molar-refractivity contribution in [2.75, 3.05) is 53.6 Å². The molecule has 0 unspecified atom stereocenters. The monoisotopic (exact) mass is 322 g/mol. The molecule has 1 aromatic carbocycles. The summed E-state index contributed by atoms with van der Waals surface area (Å²) in [4.78, 5) is 16.4. The molecule has 1 heterocycles. The molecule has 6 heteroatoms. The number of amides is 1. The fraction of sp³-hybridized carbons (Fsp3) is 0.588. The van der Waals surface area contributed by atoms with Gasteiger partial charge in [0.1, 0.15) is 0 Å². The van der Waals surface area contributed by atoms with Gasteiger partial charge in [-0.3, -0.25) is 9.69 Å². The summed E-state index contributed by atoms with van der Waals surface area (Å²) in [5.74, 6) is 1.57. The molecule has 0 aliphatic carbocycles. The SMILES string of the molecule is COc1ccc(CCC(=O)N2CCN(CCO)CC2)cc1OC. The van der Waals surface area contributed by atoms with Gasteiger partial charge in [0.05, 0.1) is 20.8 Å². The average Bonchev–Trinajstić information content (AvgIpc) is 2.60. The number of aliphatic hydroxyl groups is 1. The number of carbonyl (C=O) groups is 1. The summed E-state index contributed by atoms with van der Waals surface area (Å²) in [5.41, 5.74) is 1.06. The van der Waals surface area contributed by atoms with Crippen molar-refractivity contribution in [2.45, 2.75) is 12.8 Å². The lowest BCUT2D eigenvalue weighted by molar-refractivity contribution is -0.132. The highest BCUT2D eigenvalue weighted by atomic mass is 16.5. The van der Waals surface area contributed by atoms with Crippen LogP contribution in [0, 0.1) is 0 Å². The number of methoxy groups -OCH3 is 2. The van der Waals surface area contributed by atoms with Gasteiger partial charge in [-0.15, -0.1) is 0 Å². The lowest BCUT2D eigenvalue weighted by Crippen LogP contribution is -2.49. The van der Waals surface area contributed by atoms with E-state index in [9.17, 15) is 4.79 Å². The Hall–Kier alpha value is -1.79. The predicted octanol–water partition coefficient (Wildman–Crippen LogP) is 0.773. The van der Waals surface area contributed by atoms with Crippen molar-refractivity contribution in [3.63, 3.8) is 0 Å². The van der Waals surface area contributed by atoms with Gasteiger partial charge in [-0.2, -0.15) is 0 Å². The molecule has 0 atom stereocenters. The fourth-order valence-electron chi connectivity index (χ4n) is 2.81. The fourth-order valence-corrected chi connectivity index (χ4v) is 2.81. The largest absolute Gasteiger partial charge is 0.493 e. The quantitative estimate of drug-likeness (QED) is 0.803. The Bertz CT molecular complexity index is 513. The molecule has 1 aliphatic heterocycles. The van der Waals surface area contributed by atoms with E-state index in [4.69, 9.17) is 14.6 Å². The zero-order valence-corrected chi connectivity index (χ0v) is 14.0. The maximum atomic E-state index is 12.3. The standard InChI is InChI=1S/C17H26N2O4/c1-22-15-5-3-14(13-16(15)23-2)4-6-17(21)19-9-7-18(8-10-19)11-12-20/h3,5,13,20H,4,6-12H2,1-2H3. The molecule has 1 amide bonds. The molecule has 1 aliphatic rings. The molecule has 0 saturated carbocycles. The van der Waals surface area contributed by atoms with Crippen LogP contribution in [0.1, 0.15) is 12.0 Å². The highest BCUT2D eigenvalue weighted by Crippen LogP contribution is 2.28. The second kappa shape index (κ2) is 8.74. The molecule has 1 fully saturated rings.